The first-order chi connectivity index (χ1) is 9.06. The molecule has 1 heterocycles. The second-order valence-electron chi connectivity index (χ2n) is 4.40. The fraction of sp³-hybridized carbons (Fsp3) is 0.308. The summed E-state index contributed by atoms with van der Waals surface area (Å²) >= 11 is 0. The van der Waals surface area contributed by atoms with Gasteiger partial charge in [0.05, 0.1) is 5.56 Å². The molecule has 1 aromatic carbocycles. The van der Waals surface area contributed by atoms with E-state index in [1.807, 2.05) is 0 Å². The Kier molecular flexibility index (Phi) is 3.79. The molecule has 1 fully saturated rings. The van der Waals surface area contributed by atoms with Gasteiger partial charge in [0.25, 0.3) is 5.91 Å². The van der Waals surface area contributed by atoms with Crippen molar-refractivity contribution in [2.75, 3.05) is 6.54 Å². The Morgan fingerprint density at radius 2 is 1.89 bits per heavy atom. The molecule has 0 aliphatic carbocycles. The van der Waals surface area contributed by atoms with Crippen LogP contribution < -0.4 is 10.6 Å². The van der Waals surface area contributed by atoms with Crippen LogP contribution in [0.3, 0.4) is 0 Å². The number of aromatic carboxylic acids is 1. The molecule has 0 spiro atoms. The maximum Gasteiger partial charge on any atom is 0.335 e. The van der Waals surface area contributed by atoms with Gasteiger partial charge < -0.3 is 15.7 Å². The van der Waals surface area contributed by atoms with E-state index in [4.69, 9.17) is 5.11 Å². The largest absolute Gasteiger partial charge is 0.478 e. The van der Waals surface area contributed by atoms with Gasteiger partial charge in [-0.05, 0) is 30.7 Å². The van der Waals surface area contributed by atoms with Crippen LogP contribution in [0.2, 0.25) is 0 Å². The number of carbonyl (C=O) groups is 3. The summed E-state index contributed by atoms with van der Waals surface area (Å²) in [7, 11) is 0. The molecule has 2 amide bonds. The van der Waals surface area contributed by atoms with Gasteiger partial charge in [0.2, 0.25) is 5.91 Å². The molecule has 1 aliphatic rings. The zero-order valence-corrected chi connectivity index (χ0v) is 10.2. The quantitative estimate of drug-likeness (QED) is 0.731. The van der Waals surface area contributed by atoms with Gasteiger partial charge in [0.15, 0.2) is 0 Å². The molecule has 1 aromatic rings. The number of carboxylic acid groups (broad SMARTS) is 1. The molecule has 2 rings (SSSR count). The second kappa shape index (κ2) is 5.51. The average Bonchev–Trinajstić information content (AvgIpc) is 2.82. The summed E-state index contributed by atoms with van der Waals surface area (Å²) in [5, 5.41) is 14.2. The summed E-state index contributed by atoms with van der Waals surface area (Å²) in [5.41, 5.74) is 0.536. The van der Waals surface area contributed by atoms with Crippen molar-refractivity contribution in [1.29, 1.82) is 0 Å². The van der Waals surface area contributed by atoms with Crippen LogP contribution in [0.5, 0.6) is 0 Å². The summed E-state index contributed by atoms with van der Waals surface area (Å²) in [4.78, 5) is 33.5. The van der Waals surface area contributed by atoms with Gasteiger partial charge in [0, 0.05) is 24.6 Å². The van der Waals surface area contributed by atoms with Gasteiger partial charge >= 0.3 is 5.97 Å². The highest BCUT2D eigenvalue weighted by atomic mass is 16.4. The minimum Gasteiger partial charge on any atom is -0.478 e. The molecule has 3 N–H and O–H groups in total. The lowest BCUT2D eigenvalue weighted by Crippen LogP contribution is -2.38. The fourth-order valence-electron chi connectivity index (χ4n) is 1.91. The third-order valence-corrected chi connectivity index (χ3v) is 2.99. The predicted octanol–water partition coefficient (Wildman–Crippen LogP) is 0.393. The zero-order chi connectivity index (χ0) is 13.8. The second-order valence-corrected chi connectivity index (χ2v) is 4.40. The Labute approximate surface area is 109 Å². The highest BCUT2D eigenvalue weighted by Gasteiger charge is 2.21. The summed E-state index contributed by atoms with van der Waals surface area (Å²) in [6.45, 7) is 0.380. The van der Waals surface area contributed by atoms with E-state index in [2.05, 4.69) is 10.6 Å². The molecule has 1 aliphatic heterocycles. The minimum absolute atomic E-state index is 0.00469. The van der Waals surface area contributed by atoms with Crippen LogP contribution in [0, 0.1) is 0 Å². The van der Waals surface area contributed by atoms with Crippen LogP contribution in [0.15, 0.2) is 24.3 Å². The molecular weight excluding hydrogens is 248 g/mol. The van der Waals surface area contributed by atoms with Crippen molar-refractivity contribution in [3.63, 3.8) is 0 Å². The third kappa shape index (κ3) is 3.31. The smallest absolute Gasteiger partial charge is 0.335 e. The van der Waals surface area contributed by atoms with Gasteiger partial charge in [-0.3, -0.25) is 9.59 Å². The van der Waals surface area contributed by atoms with Gasteiger partial charge in [-0.2, -0.15) is 0 Å². The number of hydrogen-bond donors (Lipinski definition) is 3. The molecule has 0 bridgehead atoms. The van der Waals surface area contributed by atoms with Gasteiger partial charge in [0.1, 0.15) is 0 Å². The first-order valence-corrected chi connectivity index (χ1v) is 5.97. The summed E-state index contributed by atoms with van der Waals surface area (Å²) in [6.07, 6.45) is 1.21. The molecule has 1 saturated heterocycles. The van der Waals surface area contributed by atoms with Gasteiger partial charge in [-0.25, -0.2) is 4.79 Å². The minimum atomic E-state index is -1.03. The molecule has 100 valence electrons. The van der Waals surface area contributed by atoms with Crippen molar-refractivity contribution in [3.8, 4) is 0 Å². The number of amides is 2. The first-order valence-electron chi connectivity index (χ1n) is 5.97. The van der Waals surface area contributed by atoms with Crippen LogP contribution >= 0.6 is 0 Å². The Morgan fingerprint density at radius 3 is 2.42 bits per heavy atom. The van der Waals surface area contributed by atoms with Gasteiger partial charge in [-0.15, -0.1) is 0 Å². The van der Waals surface area contributed by atoms with Crippen molar-refractivity contribution in [1.82, 2.24) is 10.6 Å². The lowest BCUT2D eigenvalue weighted by atomic mass is 10.1. The normalized spacial score (nSPS) is 17.9. The standard InChI is InChI=1S/C13H14N2O4/c16-11-6-5-10(15-11)7-14-12(17)8-1-3-9(4-2-8)13(18)19/h1-4,10H,5-7H2,(H,14,17)(H,15,16)(H,18,19). The summed E-state index contributed by atoms with van der Waals surface area (Å²) < 4.78 is 0. The molecule has 6 nitrogen and oxygen atoms in total. The van der Waals surface area contributed by atoms with Gasteiger partial charge in [-0.1, -0.05) is 0 Å². The van der Waals surface area contributed by atoms with E-state index >= 15 is 0 Å². The lowest BCUT2D eigenvalue weighted by Gasteiger charge is -2.11. The highest BCUT2D eigenvalue weighted by molar-refractivity contribution is 5.95. The number of benzene rings is 1. The van der Waals surface area contributed by atoms with Crippen LogP contribution in [-0.2, 0) is 4.79 Å². The number of rotatable bonds is 4. The molecule has 1 unspecified atom stereocenters. The topological polar surface area (TPSA) is 95.5 Å². The Hall–Kier alpha value is -2.37. The van der Waals surface area contributed by atoms with Crippen molar-refractivity contribution >= 4 is 17.8 Å². The van der Waals surface area contributed by atoms with E-state index in [0.717, 1.165) is 6.42 Å². The Morgan fingerprint density at radius 1 is 1.26 bits per heavy atom. The van der Waals surface area contributed by atoms with E-state index in [1.165, 1.54) is 24.3 Å². The van der Waals surface area contributed by atoms with E-state index in [0.29, 0.717) is 18.5 Å². The zero-order valence-electron chi connectivity index (χ0n) is 10.2. The van der Waals surface area contributed by atoms with Crippen molar-refractivity contribution in [2.24, 2.45) is 0 Å². The maximum atomic E-state index is 11.8. The number of nitrogens with one attached hydrogen (secondary N) is 2. The van der Waals surface area contributed by atoms with Crippen molar-refractivity contribution < 1.29 is 19.5 Å². The molecule has 0 radical (unpaired) electrons. The molecule has 0 saturated carbocycles. The van der Waals surface area contributed by atoms with E-state index in [1.54, 1.807) is 0 Å². The number of hydrogen-bond acceptors (Lipinski definition) is 3. The first kappa shape index (κ1) is 13.1. The molecule has 1 atom stereocenters. The van der Waals surface area contributed by atoms with Crippen LogP contribution in [-0.4, -0.2) is 35.5 Å². The summed E-state index contributed by atoms with van der Waals surface area (Å²) in [5.74, 6) is -1.30. The van der Waals surface area contributed by atoms with Crippen LogP contribution in [0.25, 0.3) is 0 Å². The fourth-order valence-corrected chi connectivity index (χ4v) is 1.91. The monoisotopic (exact) mass is 262 g/mol. The highest BCUT2D eigenvalue weighted by Crippen LogP contribution is 2.07. The van der Waals surface area contributed by atoms with E-state index in [9.17, 15) is 14.4 Å². The third-order valence-electron chi connectivity index (χ3n) is 2.99. The summed E-state index contributed by atoms with van der Waals surface area (Å²) in [6, 6.07) is 5.68. The molecule has 6 heteroatoms. The van der Waals surface area contributed by atoms with E-state index < -0.39 is 5.97 Å². The molecular formula is C13H14N2O4. The lowest BCUT2D eigenvalue weighted by molar-refractivity contribution is -0.119. The number of carbonyl (C=O) groups excluding carboxylic acids is 2. The predicted molar refractivity (Wildman–Crippen MR) is 66.9 cm³/mol. The molecule has 0 aromatic heterocycles. The van der Waals surface area contributed by atoms with Crippen molar-refractivity contribution in [3.05, 3.63) is 35.4 Å². The number of carboxylic acids is 1. The Bertz CT molecular complexity index is 510. The average molecular weight is 262 g/mol. The maximum absolute atomic E-state index is 11.8. The SMILES string of the molecule is O=C1CCC(CNC(=O)c2ccc(C(=O)O)cc2)N1. The molecule has 19 heavy (non-hydrogen) atoms. The Balaban J connectivity index is 1.89. The van der Waals surface area contributed by atoms with Crippen LogP contribution in [0.1, 0.15) is 33.6 Å². The van der Waals surface area contributed by atoms with Crippen molar-refractivity contribution in [2.45, 2.75) is 18.9 Å². The van der Waals surface area contributed by atoms with E-state index in [-0.39, 0.29) is 23.4 Å². The van der Waals surface area contributed by atoms with Crippen LogP contribution in [0.4, 0.5) is 0 Å².